The summed E-state index contributed by atoms with van der Waals surface area (Å²) in [5, 5.41) is 14.0. The number of aromatic hydroxyl groups is 1. The first-order chi connectivity index (χ1) is 15.2. The Morgan fingerprint density at radius 2 is 1.88 bits per heavy atom. The molecule has 0 saturated heterocycles. The highest BCUT2D eigenvalue weighted by molar-refractivity contribution is 7.85. The van der Waals surface area contributed by atoms with Crippen LogP contribution in [0.5, 0.6) is 11.5 Å². The van der Waals surface area contributed by atoms with Crippen LogP contribution >= 0.6 is 22.7 Å². The van der Waals surface area contributed by atoms with E-state index in [1.165, 1.54) is 0 Å². The zero-order chi connectivity index (χ0) is 23.0. The summed E-state index contributed by atoms with van der Waals surface area (Å²) in [7, 11) is -2.37. The van der Waals surface area contributed by atoms with Crippen molar-refractivity contribution in [1.82, 2.24) is 0 Å². The van der Waals surface area contributed by atoms with Gasteiger partial charge in [0.05, 0.1) is 12.9 Å². The quantitative estimate of drug-likeness (QED) is 0.275. The van der Waals surface area contributed by atoms with E-state index in [4.69, 9.17) is 4.74 Å². The van der Waals surface area contributed by atoms with Gasteiger partial charge in [-0.2, -0.15) is 13.0 Å². The standard InChI is InChI=1S/C23H23NO5S3/c1-14-11-16(12-15(2)22(14)25)5-6-20-24(8-4-10-32(26,27)28)21-19(31-20)13-18(29-3)17-7-9-30-23(17)21/h5-7,9,11-13H,4,8,10H2,1-3H3,(H,26,27,28)/p+1. The zero-order valence-electron chi connectivity index (χ0n) is 18.0. The lowest BCUT2D eigenvalue weighted by Gasteiger charge is -2.04. The number of nitrogens with zero attached hydrogens (tertiary/aromatic N) is 1. The van der Waals surface area contributed by atoms with E-state index in [-0.39, 0.29) is 5.75 Å². The van der Waals surface area contributed by atoms with Crippen LogP contribution in [0.25, 0.3) is 32.5 Å². The molecule has 0 fully saturated rings. The van der Waals surface area contributed by atoms with Crippen molar-refractivity contribution in [2.45, 2.75) is 26.8 Å². The van der Waals surface area contributed by atoms with Crippen molar-refractivity contribution in [2.75, 3.05) is 12.9 Å². The largest absolute Gasteiger partial charge is 0.507 e. The van der Waals surface area contributed by atoms with E-state index < -0.39 is 10.1 Å². The first kappa shape index (κ1) is 22.7. The molecule has 0 aliphatic carbocycles. The minimum atomic E-state index is -4.02. The fraction of sp³-hybridized carbons (Fsp3) is 0.261. The molecule has 0 amide bonds. The topological polar surface area (TPSA) is 87.7 Å². The summed E-state index contributed by atoms with van der Waals surface area (Å²) in [5.74, 6) is 0.817. The van der Waals surface area contributed by atoms with Gasteiger partial charge in [-0.05, 0) is 60.2 Å². The Bertz CT molecular complexity index is 1420. The van der Waals surface area contributed by atoms with Crippen LogP contribution in [0.4, 0.5) is 0 Å². The van der Waals surface area contributed by atoms with E-state index >= 15 is 0 Å². The van der Waals surface area contributed by atoms with Gasteiger partial charge in [0.25, 0.3) is 15.1 Å². The van der Waals surface area contributed by atoms with Crippen LogP contribution in [0.3, 0.4) is 0 Å². The van der Waals surface area contributed by atoms with E-state index in [2.05, 4.69) is 4.57 Å². The van der Waals surface area contributed by atoms with E-state index in [1.54, 1.807) is 29.8 Å². The summed E-state index contributed by atoms with van der Waals surface area (Å²) in [6.45, 7) is 4.19. The van der Waals surface area contributed by atoms with Crippen LogP contribution in [0.2, 0.25) is 0 Å². The number of methoxy groups -OCH3 is 1. The monoisotopic (exact) mass is 490 g/mol. The second kappa shape index (κ2) is 8.82. The SMILES string of the molecule is COc1cc2sc(/C=C/c3cc(C)c(O)c(C)c3)[n+](CCCS(=O)(=O)O)c2c2sccc12. The van der Waals surface area contributed by atoms with Crippen molar-refractivity contribution in [3.8, 4) is 11.5 Å². The van der Waals surface area contributed by atoms with Crippen LogP contribution in [0.1, 0.15) is 28.1 Å². The smallest absolute Gasteiger partial charge is 0.265 e. The van der Waals surface area contributed by atoms with Gasteiger partial charge >= 0.3 is 0 Å². The summed E-state index contributed by atoms with van der Waals surface area (Å²) < 4.78 is 41.5. The molecular formula is C23H24NO5S3+. The first-order valence-electron chi connectivity index (χ1n) is 10.0. The normalized spacial score (nSPS) is 12.4. The number of fused-ring (bicyclic) bond motifs is 3. The lowest BCUT2D eigenvalue weighted by Crippen LogP contribution is -2.36. The number of aromatic nitrogens is 1. The molecule has 32 heavy (non-hydrogen) atoms. The number of aryl methyl sites for hydroxylation is 3. The molecule has 6 nitrogen and oxygen atoms in total. The highest BCUT2D eigenvalue weighted by Crippen LogP contribution is 2.38. The number of thiazole rings is 1. The Hall–Kier alpha value is -2.46. The third-order valence-corrected chi connectivity index (χ3v) is 8.15. The number of hydrogen-bond donors (Lipinski definition) is 2. The average molecular weight is 491 g/mol. The van der Waals surface area contributed by atoms with Crippen LogP contribution in [0.15, 0.2) is 29.6 Å². The van der Waals surface area contributed by atoms with E-state index in [9.17, 15) is 18.1 Å². The van der Waals surface area contributed by atoms with Gasteiger partial charge in [0, 0.05) is 23.9 Å². The second-order valence-corrected chi connectivity index (χ2v) is 11.2. The maximum absolute atomic E-state index is 11.3. The van der Waals surface area contributed by atoms with Gasteiger partial charge in [0.1, 0.15) is 20.9 Å². The van der Waals surface area contributed by atoms with Gasteiger partial charge in [-0.3, -0.25) is 4.55 Å². The Morgan fingerprint density at radius 1 is 1.16 bits per heavy atom. The van der Waals surface area contributed by atoms with Crippen molar-refractivity contribution in [3.05, 3.63) is 51.3 Å². The van der Waals surface area contributed by atoms with Crippen LogP contribution in [-0.4, -0.2) is 30.9 Å². The minimum absolute atomic E-state index is 0.291. The van der Waals surface area contributed by atoms with Gasteiger partial charge in [-0.25, -0.2) is 0 Å². The predicted octanol–water partition coefficient (Wildman–Crippen LogP) is 5.18. The molecule has 4 aromatic rings. The fourth-order valence-corrected chi connectivity index (χ4v) is 6.50. The molecular weight excluding hydrogens is 466 g/mol. The molecule has 0 unspecified atom stereocenters. The molecule has 2 heterocycles. The van der Waals surface area contributed by atoms with Crippen molar-refractivity contribution in [3.63, 3.8) is 0 Å². The van der Waals surface area contributed by atoms with E-state index in [1.807, 2.05) is 55.6 Å². The summed E-state index contributed by atoms with van der Waals surface area (Å²) in [5.41, 5.74) is 3.63. The van der Waals surface area contributed by atoms with Crippen molar-refractivity contribution >= 4 is 65.2 Å². The Morgan fingerprint density at radius 3 is 2.53 bits per heavy atom. The van der Waals surface area contributed by atoms with Gasteiger partial charge in [0.2, 0.25) is 5.52 Å². The molecule has 2 aromatic heterocycles. The molecule has 2 N–H and O–H groups in total. The maximum Gasteiger partial charge on any atom is 0.265 e. The Labute approximate surface area is 194 Å². The third kappa shape index (κ3) is 4.52. The number of phenols is 1. The molecule has 0 aliphatic heterocycles. The fourth-order valence-electron chi connectivity index (χ4n) is 3.85. The molecule has 0 radical (unpaired) electrons. The molecule has 0 bridgehead atoms. The number of benzene rings is 2. The summed E-state index contributed by atoms with van der Waals surface area (Å²) in [4.78, 5) is 0. The van der Waals surface area contributed by atoms with E-state index in [0.29, 0.717) is 18.7 Å². The Kier molecular flexibility index (Phi) is 6.26. The molecule has 0 aliphatic rings. The first-order valence-corrected chi connectivity index (χ1v) is 13.3. The molecule has 9 heteroatoms. The highest BCUT2D eigenvalue weighted by Gasteiger charge is 2.24. The molecule has 0 saturated carbocycles. The van der Waals surface area contributed by atoms with Crippen molar-refractivity contribution in [1.29, 1.82) is 0 Å². The summed E-state index contributed by atoms with van der Waals surface area (Å²) in [6.07, 6.45) is 4.30. The molecule has 0 atom stereocenters. The number of hydrogen-bond acceptors (Lipinski definition) is 6. The second-order valence-electron chi connectivity index (χ2n) is 7.66. The van der Waals surface area contributed by atoms with E-state index in [0.717, 1.165) is 47.8 Å². The van der Waals surface area contributed by atoms with Crippen LogP contribution < -0.4 is 9.30 Å². The van der Waals surface area contributed by atoms with Crippen LogP contribution in [0, 0.1) is 13.8 Å². The van der Waals surface area contributed by atoms with Gasteiger partial charge in [-0.15, -0.1) is 11.3 Å². The van der Waals surface area contributed by atoms with Gasteiger partial charge in [-0.1, -0.05) is 11.3 Å². The zero-order valence-corrected chi connectivity index (χ0v) is 20.4. The van der Waals surface area contributed by atoms with Crippen molar-refractivity contribution < 1.29 is 27.4 Å². The summed E-state index contributed by atoms with van der Waals surface area (Å²) >= 11 is 3.22. The van der Waals surface area contributed by atoms with Gasteiger partial charge in [0.15, 0.2) is 6.54 Å². The minimum Gasteiger partial charge on any atom is -0.507 e. The Balaban J connectivity index is 1.84. The molecule has 2 aromatic carbocycles. The van der Waals surface area contributed by atoms with Crippen LogP contribution in [-0.2, 0) is 16.7 Å². The molecule has 168 valence electrons. The number of thiophene rings is 1. The molecule has 0 spiro atoms. The average Bonchev–Trinajstić information content (AvgIpc) is 3.33. The number of rotatable bonds is 7. The lowest BCUT2D eigenvalue weighted by atomic mass is 10.1. The summed E-state index contributed by atoms with van der Waals surface area (Å²) in [6, 6.07) is 7.89. The number of ether oxygens (including phenoxy) is 1. The lowest BCUT2D eigenvalue weighted by molar-refractivity contribution is -0.667. The maximum atomic E-state index is 11.3. The van der Waals surface area contributed by atoms with Gasteiger partial charge < -0.3 is 9.84 Å². The van der Waals surface area contributed by atoms with Crippen molar-refractivity contribution in [2.24, 2.45) is 0 Å². The number of phenolic OH excluding ortho intramolecular Hbond substituents is 1. The predicted molar refractivity (Wildman–Crippen MR) is 131 cm³/mol. The third-order valence-electron chi connectivity index (χ3n) is 5.33. The molecule has 4 rings (SSSR count). The highest BCUT2D eigenvalue weighted by atomic mass is 32.2.